The number of benzene rings is 1. The zero-order valence-electron chi connectivity index (χ0n) is 11.3. The van der Waals surface area contributed by atoms with E-state index in [1.807, 2.05) is 29.0 Å². The van der Waals surface area contributed by atoms with Gasteiger partial charge in [-0.2, -0.15) is 11.3 Å². The number of halogens is 1. The van der Waals surface area contributed by atoms with Gasteiger partial charge in [0.1, 0.15) is 4.88 Å². The van der Waals surface area contributed by atoms with E-state index in [0.29, 0.717) is 22.1 Å². The standard InChI is InChI=1S/C15H13ClN2OS2/c1-18(7-9-4-5-20-8-9)15(19)14-13(17)11-3-2-10(16)6-12(11)21-14/h2-6,8H,7,17H2,1H3. The van der Waals surface area contributed by atoms with Crippen molar-refractivity contribution in [3.8, 4) is 0 Å². The van der Waals surface area contributed by atoms with Crippen LogP contribution in [0.3, 0.4) is 0 Å². The molecule has 0 aliphatic rings. The molecule has 0 bridgehead atoms. The molecule has 0 spiro atoms. The third-order valence-electron chi connectivity index (χ3n) is 3.23. The lowest BCUT2D eigenvalue weighted by atomic mass is 10.2. The lowest BCUT2D eigenvalue weighted by molar-refractivity contribution is 0.0791. The second-order valence-corrected chi connectivity index (χ2v) is 7.05. The second kappa shape index (κ2) is 5.67. The Balaban J connectivity index is 1.92. The van der Waals surface area contributed by atoms with Gasteiger partial charge in [-0.15, -0.1) is 11.3 Å². The molecule has 2 heterocycles. The van der Waals surface area contributed by atoms with Crippen LogP contribution in [-0.4, -0.2) is 17.9 Å². The molecule has 0 aliphatic heterocycles. The van der Waals surface area contributed by atoms with Crippen LogP contribution in [0.1, 0.15) is 15.2 Å². The van der Waals surface area contributed by atoms with Crippen LogP contribution >= 0.6 is 34.3 Å². The van der Waals surface area contributed by atoms with Crippen molar-refractivity contribution in [1.29, 1.82) is 0 Å². The Kier molecular flexibility index (Phi) is 3.89. The summed E-state index contributed by atoms with van der Waals surface area (Å²) < 4.78 is 0.937. The first kappa shape index (κ1) is 14.4. The number of nitrogens with zero attached hydrogens (tertiary/aromatic N) is 1. The van der Waals surface area contributed by atoms with E-state index in [9.17, 15) is 4.79 Å². The van der Waals surface area contributed by atoms with Gasteiger partial charge in [0.25, 0.3) is 5.91 Å². The largest absolute Gasteiger partial charge is 0.397 e. The molecule has 2 aromatic heterocycles. The monoisotopic (exact) mass is 336 g/mol. The van der Waals surface area contributed by atoms with Crippen LogP contribution in [0.25, 0.3) is 10.1 Å². The number of hydrogen-bond donors (Lipinski definition) is 1. The summed E-state index contributed by atoms with van der Waals surface area (Å²) in [4.78, 5) is 14.8. The summed E-state index contributed by atoms with van der Waals surface area (Å²) in [6.07, 6.45) is 0. The number of carbonyl (C=O) groups excluding carboxylic acids is 1. The molecular formula is C15H13ClN2OS2. The van der Waals surface area contributed by atoms with E-state index in [4.69, 9.17) is 17.3 Å². The topological polar surface area (TPSA) is 46.3 Å². The van der Waals surface area contributed by atoms with Crippen LogP contribution in [0.2, 0.25) is 5.02 Å². The van der Waals surface area contributed by atoms with Crippen LogP contribution in [-0.2, 0) is 6.54 Å². The molecule has 0 fully saturated rings. The van der Waals surface area contributed by atoms with Crippen molar-refractivity contribution in [3.63, 3.8) is 0 Å². The molecule has 108 valence electrons. The maximum absolute atomic E-state index is 12.6. The number of thiophene rings is 2. The van der Waals surface area contributed by atoms with Crippen molar-refractivity contribution in [1.82, 2.24) is 4.90 Å². The predicted molar refractivity (Wildman–Crippen MR) is 91.4 cm³/mol. The highest BCUT2D eigenvalue weighted by molar-refractivity contribution is 7.21. The highest BCUT2D eigenvalue weighted by Crippen LogP contribution is 2.35. The molecule has 0 unspecified atom stereocenters. The number of anilines is 1. The fourth-order valence-corrected chi connectivity index (χ4v) is 4.20. The molecule has 0 radical (unpaired) electrons. The Morgan fingerprint density at radius 2 is 2.19 bits per heavy atom. The van der Waals surface area contributed by atoms with E-state index < -0.39 is 0 Å². The van der Waals surface area contributed by atoms with Gasteiger partial charge in [-0.05, 0) is 40.6 Å². The Bertz CT molecular complexity index is 795. The smallest absolute Gasteiger partial charge is 0.266 e. The summed E-state index contributed by atoms with van der Waals surface area (Å²) in [6, 6.07) is 7.51. The van der Waals surface area contributed by atoms with Gasteiger partial charge in [0.15, 0.2) is 0 Å². The molecule has 3 rings (SSSR count). The quantitative estimate of drug-likeness (QED) is 0.767. The first-order chi connectivity index (χ1) is 10.1. The molecular weight excluding hydrogens is 324 g/mol. The van der Waals surface area contributed by atoms with Crippen molar-refractivity contribution < 1.29 is 4.79 Å². The maximum Gasteiger partial charge on any atom is 0.266 e. The summed E-state index contributed by atoms with van der Waals surface area (Å²) in [6.45, 7) is 0.580. The summed E-state index contributed by atoms with van der Waals surface area (Å²) >= 11 is 9.00. The Hall–Kier alpha value is -1.56. The molecule has 0 atom stereocenters. The fourth-order valence-electron chi connectivity index (χ4n) is 2.15. The summed E-state index contributed by atoms with van der Waals surface area (Å²) in [7, 11) is 1.79. The van der Waals surface area contributed by atoms with Crippen molar-refractivity contribution in [3.05, 3.63) is 50.5 Å². The maximum atomic E-state index is 12.6. The predicted octanol–water partition coefficient (Wildman–Crippen LogP) is 4.47. The molecule has 3 aromatic rings. The van der Waals surface area contributed by atoms with Gasteiger partial charge in [-0.1, -0.05) is 11.6 Å². The van der Waals surface area contributed by atoms with Gasteiger partial charge in [0.05, 0.1) is 5.69 Å². The number of nitrogen functional groups attached to an aromatic ring is 1. The normalized spacial score (nSPS) is 11.0. The van der Waals surface area contributed by atoms with Crippen LogP contribution in [0.5, 0.6) is 0 Å². The van der Waals surface area contributed by atoms with E-state index in [-0.39, 0.29) is 5.91 Å². The number of hydrogen-bond acceptors (Lipinski definition) is 4. The van der Waals surface area contributed by atoms with Gasteiger partial charge in [-0.3, -0.25) is 4.79 Å². The highest BCUT2D eigenvalue weighted by atomic mass is 35.5. The van der Waals surface area contributed by atoms with Crippen molar-refractivity contribution in [2.75, 3.05) is 12.8 Å². The minimum Gasteiger partial charge on any atom is -0.397 e. The first-order valence-electron chi connectivity index (χ1n) is 6.30. The van der Waals surface area contributed by atoms with Gasteiger partial charge >= 0.3 is 0 Å². The van der Waals surface area contributed by atoms with Gasteiger partial charge in [0.2, 0.25) is 0 Å². The van der Waals surface area contributed by atoms with Crippen molar-refractivity contribution >= 4 is 56.0 Å². The van der Waals surface area contributed by atoms with E-state index in [0.717, 1.165) is 15.6 Å². The zero-order valence-corrected chi connectivity index (χ0v) is 13.7. The average molecular weight is 337 g/mol. The Morgan fingerprint density at radius 1 is 1.38 bits per heavy atom. The number of amides is 1. The molecule has 0 saturated carbocycles. The van der Waals surface area contributed by atoms with Gasteiger partial charge in [-0.25, -0.2) is 0 Å². The van der Waals surface area contributed by atoms with Crippen LogP contribution in [0, 0.1) is 0 Å². The highest BCUT2D eigenvalue weighted by Gasteiger charge is 2.20. The summed E-state index contributed by atoms with van der Waals surface area (Å²) in [5.41, 5.74) is 7.78. The van der Waals surface area contributed by atoms with Crippen molar-refractivity contribution in [2.24, 2.45) is 0 Å². The van der Waals surface area contributed by atoms with Crippen molar-refractivity contribution in [2.45, 2.75) is 6.54 Å². The minimum atomic E-state index is -0.0592. The Morgan fingerprint density at radius 3 is 2.90 bits per heavy atom. The van der Waals surface area contributed by atoms with E-state index in [2.05, 4.69) is 0 Å². The lowest BCUT2D eigenvalue weighted by Gasteiger charge is -2.15. The fraction of sp³-hybridized carbons (Fsp3) is 0.133. The first-order valence-corrected chi connectivity index (χ1v) is 8.44. The number of nitrogens with two attached hydrogens (primary N) is 1. The number of rotatable bonds is 3. The summed E-state index contributed by atoms with van der Waals surface area (Å²) in [5.74, 6) is -0.0592. The molecule has 1 amide bonds. The molecule has 3 nitrogen and oxygen atoms in total. The van der Waals surface area contributed by atoms with E-state index in [1.165, 1.54) is 11.3 Å². The van der Waals surface area contributed by atoms with Gasteiger partial charge < -0.3 is 10.6 Å². The summed E-state index contributed by atoms with van der Waals surface area (Å²) in [5, 5.41) is 5.58. The third-order valence-corrected chi connectivity index (χ3v) is 5.35. The molecule has 0 saturated heterocycles. The Labute approximate surface area is 135 Å². The zero-order chi connectivity index (χ0) is 15.0. The van der Waals surface area contributed by atoms with E-state index >= 15 is 0 Å². The average Bonchev–Trinajstić information content (AvgIpc) is 3.06. The molecule has 6 heteroatoms. The number of fused-ring (bicyclic) bond motifs is 1. The van der Waals surface area contributed by atoms with Gasteiger partial charge in [0, 0.05) is 28.7 Å². The van der Waals surface area contributed by atoms with E-state index in [1.54, 1.807) is 29.4 Å². The molecule has 2 N–H and O–H groups in total. The minimum absolute atomic E-state index is 0.0592. The second-order valence-electron chi connectivity index (χ2n) is 4.78. The molecule has 0 aliphatic carbocycles. The number of carbonyl (C=O) groups is 1. The lowest BCUT2D eigenvalue weighted by Crippen LogP contribution is -2.25. The SMILES string of the molecule is CN(Cc1ccsc1)C(=O)c1sc2cc(Cl)ccc2c1N. The molecule has 1 aromatic carbocycles. The third kappa shape index (κ3) is 2.77. The van der Waals surface area contributed by atoms with Crippen LogP contribution in [0.4, 0.5) is 5.69 Å². The molecule has 21 heavy (non-hydrogen) atoms. The van der Waals surface area contributed by atoms with Crippen LogP contribution in [0.15, 0.2) is 35.0 Å². The van der Waals surface area contributed by atoms with Crippen LogP contribution < -0.4 is 5.73 Å².